The van der Waals surface area contributed by atoms with Crippen LogP contribution in [0.3, 0.4) is 0 Å². The highest BCUT2D eigenvalue weighted by molar-refractivity contribution is 7.92. The van der Waals surface area contributed by atoms with E-state index in [1.165, 1.54) is 13.0 Å². The van der Waals surface area contributed by atoms with Crippen molar-refractivity contribution in [2.24, 2.45) is 5.92 Å². The molecule has 0 aromatic heterocycles. The number of aryl methyl sites for hydroxylation is 1. The third-order valence-corrected chi connectivity index (χ3v) is 9.83. The van der Waals surface area contributed by atoms with E-state index in [9.17, 15) is 21.6 Å². The summed E-state index contributed by atoms with van der Waals surface area (Å²) < 4.78 is 62.6. The monoisotopic (exact) mass is 549 g/mol. The second-order valence-corrected chi connectivity index (χ2v) is 13.2. The maximum Gasteiger partial charge on any atom is 0.309 e. The van der Waals surface area contributed by atoms with Crippen molar-refractivity contribution in [3.63, 3.8) is 0 Å². The fourth-order valence-electron chi connectivity index (χ4n) is 5.05. The van der Waals surface area contributed by atoms with Crippen molar-refractivity contribution in [3.05, 3.63) is 53.6 Å². The summed E-state index contributed by atoms with van der Waals surface area (Å²) in [5.74, 6) is -0.573. The molecule has 1 atom stereocenters. The lowest BCUT2D eigenvalue weighted by molar-refractivity contribution is -0.148. The molecule has 11 heteroatoms. The molecule has 0 amide bonds. The first-order chi connectivity index (χ1) is 17.6. The second-order valence-electron chi connectivity index (χ2n) is 9.47. The zero-order valence-electron chi connectivity index (χ0n) is 21.3. The summed E-state index contributed by atoms with van der Waals surface area (Å²) in [5, 5.41) is 0. The van der Waals surface area contributed by atoms with E-state index >= 15 is 0 Å². The fourth-order valence-corrected chi connectivity index (χ4v) is 7.18. The van der Waals surface area contributed by atoms with Crippen LogP contribution in [-0.2, 0) is 36.0 Å². The Morgan fingerprint density at radius 2 is 1.76 bits per heavy atom. The molecule has 9 nitrogen and oxygen atoms in total. The summed E-state index contributed by atoms with van der Waals surface area (Å²) in [4.78, 5) is 14.1. The van der Waals surface area contributed by atoms with Crippen LogP contribution in [0.1, 0.15) is 56.7 Å². The number of anilines is 2. The van der Waals surface area contributed by atoms with E-state index in [1.54, 1.807) is 19.1 Å². The number of hydrogen-bond donors (Lipinski definition) is 2. The van der Waals surface area contributed by atoms with Gasteiger partial charge in [-0.2, -0.15) is 0 Å². The molecule has 0 bridgehead atoms. The summed E-state index contributed by atoms with van der Waals surface area (Å²) in [6, 6.07) is 12.1. The zero-order valence-corrected chi connectivity index (χ0v) is 22.9. The van der Waals surface area contributed by atoms with Crippen LogP contribution in [-0.4, -0.2) is 48.3 Å². The van der Waals surface area contributed by atoms with E-state index in [0.29, 0.717) is 44.6 Å². The quantitative estimate of drug-likeness (QED) is 0.459. The van der Waals surface area contributed by atoms with E-state index in [-0.39, 0.29) is 34.3 Å². The number of ether oxygens (including phenoxy) is 1. The molecule has 1 fully saturated rings. The first-order valence-corrected chi connectivity index (χ1v) is 15.9. The van der Waals surface area contributed by atoms with Crippen LogP contribution in [0.5, 0.6) is 0 Å². The van der Waals surface area contributed by atoms with Gasteiger partial charge in [0.1, 0.15) is 4.90 Å². The number of carbonyl (C=O) groups excluding carboxylic acids is 1. The van der Waals surface area contributed by atoms with Gasteiger partial charge in [0.05, 0.1) is 24.0 Å². The van der Waals surface area contributed by atoms with Gasteiger partial charge in [-0.15, -0.1) is 0 Å². The summed E-state index contributed by atoms with van der Waals surface area (Å²) in [6.07, 6.45) is 3.55. The second kappa shape index (κ2) is 11.4. The standard InChI is InChI=1S/C26H35N3O6S2/c1-3-35-26(30)20-14-16-29(17-15-20)24-13-12-21(27-36(31,32)4-2)18-25(24)37(33,34)28-23-11-7-9-19-8-5-6-10-22(19)23/h5-6,8,10,12-13,18,20,23,27-28H,3-4,7,9,11,14-17H2,1-2H3/t23-/m0/s1. The predicted octanol–water partition coefficient (Wildman–Crippen LogP) is 3.58. The minimum Gasteiger partial charge on any atom is -0.466 e. The van der Waals surface area contributed by atoms with Gasteiger partial charge < -0.3 is 9.64 Å². The number of hydrogen-bond acceptors (Lipinski definition) is 7. The minimum absolute atomic E-state index is 0.0152. The van der Waals surface area contributed by atoms with Gasteiger partial charge in [0.25, 0.3) is 0 Å². The molecule has 0 radical (unpaired) electrons. The summed E-state index contributed by atoms with van der Waals surface area (Å²) in [5.41, 5.74) is 2.78. The number of piperidine rings is 1. The Hall–Kier alpha value is -2.63. The van der Waals surface area contributed by atoms with Gasteiger partial charge in [-0.1, -0.05) is 24.3 Å². The van der Waals surface area contributed by atoms with E-state index in [4.69, 9.17) is 4.74 Å². The van der Waals surface area contributed by atoms with Gasteiger partial charge in [-0.05, 0) is 75.3 Å². The molecule has 0 saturated carbocycles. The van der Waals surface area contributed by atoms with Crippen LogP contribution in [0, 0.1) is 5.92 Å². The Kier molecular flexibility index (Phi) is 8.45. The molecule has 0 spiro atoms. The highest BCUT2D eigenvalue weighted by Crippen LogP contribution is 2.35. The van der Waals surface area contributed by atoms with E-state index in [2.05, 4.69) is 9.44 Å². The van der Waals surface area contributed by atoms with Crippen LogP contribution in [0.2, 0.25) is 0 Å². The molecule has 2 N–H and O–H groups in total. The SMILES string of the molecule is CCOC(=O)C1CCN(c2ccc(NS(=O)(=O)CC)cc2S(=O)(=O)N[C@H]2CCCc3ccccc32)CC1. The van der Waals surface area contributed by atoms with Crippen LogP contribution in [0.15, 0.2) is 47.4 Å². The summed E-state index contributed by atoms with van der Waals surface area (Å²) in [7, 11) is -7.62. The van der Waals surface area contributed by atoms with Gasteiger partial charge >= 0.3 is 5.97 Å². The molecule has 2 aromatic rings. The Labute approximate surface area is 219 Å². The van der Waals surface area contributed by atoms with Crippen molar-refractivity contribution in [2.45, 2.75) is 56.9 Å². The minimum atomic E-state index is -4.02. The lowest BCUT2D eigenvalue weighted by Gasteiger charge is -2.34. The van der Waals surface area contributed by atoms with E-state index in [1.807, 2.05) is 29.2 Å². The highest BCUT2D eigenvalue weighted by atomic mass is 32.2. The number of fused-ring (bicyclic) bond motifs is 1. The van der Waals surface area contributed by atoms with Gasteiger partial charge in [0.2, 0.25) is 20.0 Å². The molecule has 0 unspecified atom stereocenters. The highest BCUT2D eigenvalue weighted by Gasteiger charge is 2.32. The average molecular weight is 550 g/mol. The molecular weight excluding hydrogens is 514 g/mol. The normalized spacial score (nSPS) is 18.8. The molecule has 37 heavy (non-hydrogen) atoms. The van der Waals surface area contributed by atoms with Crippen LogP contribution in [0.25, 0.3) is 0 Å². The third-order valence-electron chi connectivity index (χ3n) is 7.03. The fraction of sp³-hybridized carbons (Fsp3) is 0.500. The average Bonchev–Trinajstić information content (AvgIpc) is 2.89. The Balaban J connectivity index is 1.66. The Morgan fingerprint density at radius 3 is 2.46 bits per heavy atom. The summed E-state index contributed by atoms with van der Waals surface area (Å²) >= 11 is 0. The van der Waals surface area contributed by atoms with Crippen molar-refractivity contribution >= 4 is 37.4 Å². The van der Waals surface area contributed by atoms with Crippen LogP contribution < -0.4 is 14.3 Å². The number of nitrogens with one attached hydrogen (secondary N) is 2. The van der Waals surface area contributed by atoms with E-state index < -0.39 is 20.0 Å². The molecule has 4 rings (SSSR count). The van der Waals surface area contributed by atoms with Gasteiger partial charge in [-0.25, -0.2) is 21.6 Å². The largest absolute Gasteiger partial charge is 0.466 e. The topological polar surface area (TPSA) is 122 Å². The molecule has 1 aliphatic carbocycles. The number of sulfonamides is 2. The molecule has 1 saturated heterocycles. The van der Waals surface area contributed by atoms with Crippen molar-refractivity contribution in [2.75, 3.05) is 35.1 Å². The number of carbonyl (C=O) groups is 1. The van der Waals surface area contributed by atoms with E-state index in [0.717, 1.165) is 24.0 Å². The number of esters is 1. The zero-order chi connectivity index (χ0) is 26.6. The van der Waals surface area contributed by atoms with Gasteiger partial charge in [0.15, 0.2) is 0 Å². The van der Waals surface area contributed by atoms with Crippen molar-refractivity contribution < 1.29 is 26.4 Å². The lowest BCUT2D eigenvalue weighted by atomic mass is 9.88. The molecule has 2 aliphatic rings. The summed E-state index contributed by atoms with van der Waals surface area (Å²) in [6.45, 7) is 4.59. The molecule has 1 heterocycles. The number of nitrogens with zero attached hydrogens (tertiary/aromatic N) is 1. The van der Waals surface area contributed by atoms with Crippen molar-refractivity contribution in [3.8, 4) is 0 Å². The first-order valence-electron chi connectivity index (χ1n) is 12.8. The number of benzene rings is 2. The Bertz CT molecular complexity index is 1340. The van der Waals surface area contributed by atoms with Gasteiger partial charge in [-0.3, -0.25) is 9.52 Å². The molecule has 2 aromatic carbocycles. The lowest BCUT2D eigenvalue weighted by Crippen LogP contribution is -2.38. The van der Waals surface area contributed by atoms with Crippen molar-refractivity contribution in [1.29, 1.82) is 0 Å². The first kappa shape index (κ1) is 27.4. The van der Waals surface area contributed by atoms with Crippen LogP contribution >= 0.6 is 0 Å². The third kappa shape index (κ3) is 6.45. The Morgan fingerprint density at radius 1 is 1.03 bits per heavy atom. The smallest absolute Gasteiger partial charge is 0.309 e. The predicted molar refractivity (Wildman–Crippen MR) is 144 cm³/mol. The molecular formula is C26H35N3O6S2. The molecule has 1 aliphatic heterocycles. The van der Waals surface area contributed by atoms with Crippen LogP contribution in [0.4, 0.5) is 11.4 Å². The molecule has 202 valence electrons. The maximum absolute atomic E-state index is 13.8. The van der Waals surface area contributed by atoms with Crippen molar-refractivity contribution in [1.82, 2.24) is 4.72 Å². The van der Waals surface area contributed by atoms with Gasteiger partial charge in [0, 0.05) is 24.8 Å². The number of rotatable bonds is 9. The maximum atomic E-state index is 13.8.